The number of hydrogen-bond acceptors (Lipinski definition) is 6. The highest BCUT2D eigenvalue weighted by Crippen LogP contribution is 2.17. The van der Waals surface area contributed by atoms with Gasteiger partial charge in [0.1, 0.15) is 0 Å². The summed E-state index contributed by atoms with van der Waals surface area (Å²) in [7, 11) is 0. The van der Waals surface area contributed by atoms with Crippen molar-refractivity contribution in [2.24, 2.45) is 5.84 Å². The third kappa shape index (κ3) is 2.47. The molecule has 5 N–H and O–H groups in total. The molecule has 1 aliphatic rings. The zero-order valence-corrected chi connectivity index (χ0v) is 9.17. The van der Waals surface area contributed by atoms with E-state index >= 15 is 0 Å². The summed E-state index contributed by atoms with van der Waals surface area (Å²) in [4.78, 5) is 13.2. The van der Waals surface area contributed by atoms with E-state index in [1.54, 1.807) is 6.07 Å². The van der Waals surface area contributed by atoms with Crippen LogP contribution in [0.1, 0.15) is 16.1 Å². The van der Waals surface area contributed by atoms with E-state index in [0.29, 0.717) is 25.2 Å². The van der Waals surface area contributed by atoms with Crippen LogP contribution in [0.4, 0.5) is 0 Å². The first kappa shape index (κ1) is 12.1. The summed E-state index contributed by atoms with van der Waals surface area (Å²) < 4.78 is 5.04. The number of nitrogen functional groups attached to an aromatic ring is 1. The van der Waals surface area contributed by atoms with Crippen LogP contribution in [0.25, 0.3) is 0 Å². The summed E-state index contributed by atoms with van der Waals surface area (Å²) in [6.07, 6.45) is -0.0783. The summed E-state index contributed by atoms with van der Waals surface area (Å²) in [5.41, 5.74) is 2.68. The molecule has 1 aliphatic heterocycles. The lowest BCUT2D eigenvalue weighted by atomic mass is 10.2. The van der Waals surface area contributed by atoms with Gasteiger partial charge in [-0.1, -0.05) is 0 Å². The van der Waals surface area contributed by atoms with Gasteiger partial charge in [-0.15, -0.1) is 0 Å². The largest absolute Gasteiger partial charge is 0.459 e. The number of hydrogen-bond donors (Lipinski definition) is 4. The van der Waals surface area contributed by atoms with Gasteiger partial charge in [-0.2, -0.15) is 0 Å². The maximum Gasteiger partial charge on any atom is 0.301 e. The third-order valence-electron chi connectivity index (χ3n) is 2.81. The number of nitrogens with zero attached hydrogens (tertiary/aromatic N) is 1. The van der Waals surface area contributed by atoms with Crippen molar-refractivity contribution in [3.63, 3.8) is 0 Å². The monoisotopic (exact) mass is 241 g/mol. The SMILES string of the molecule is NNC(=O)c1occc1CN1CC(O)C(O)C1. The first-order valence-corrected chi connectivity index (χ1v) is 5.27. The molecule has 2 rings (SSSR count). The fraction of sp³-hybridized carbons (Fsp3) is 0.500. The van der Waals surface area contributed by atoms with Crippen LogP contribution in [0, 0.1) is 0 Å². The van der Waals surface area contributed by atoms with E-state index in [1.807, 2.05) is 10.3 Å². The van der Waals surface area contributed by atoms with Gasteiger partial charge in [0.25, 0.3) is 0 Å². The second kappa shape index (κ2) is 4.84. The van der Waals surface area contributed by atoms with Gasteiger partial charge in [0.05, 0.1) is 18.5 Å². The van der Waals surface area contributed by atoms with Gasteiger partial charge in [0.2, 0.25) is 0 Å². The molecule has 2 unspecified atom stereocenters. The molecule has 0 saturated carbocycles. The Balaban J connectivity index is 2.04. The first-order chi connectivity index (χ1) is 8.11. The number of amides is 1. The highest BCUT2D eigenvalue weighted by atomic mass is 16.3. The van der Waals surface area contributed by atoms with Crippen molar-refractivity contribution in [2.75, 3.05) is 13.1 Å². The zero-order chi connectivity index (χ0) is 12.4. The van der Waals surface area contributed by atoms with E-state index in [2.05, 4.69) is 0 Å². The van der Waals surface area contributed by atoms with Gasteiger partial charge in [0, 0.05) is 25.2 Å². The van der Waals surface area contributed by atoms with Crippen molar-refractivity contribution < 1.29 is 19.4 Å². The highest BCUT2D eigenvalue weighted by Gasteiger charge is 2.30. The number of nitrogens with two attached hydrogens (primary N) is 1. The number of furan rings is 1. The van der Waals surface area contributed by atoms with Crippen molar-refractivity contribution >= 4 is 5.91 Å². The lowest BCUT2D eigenvalue weighted by Gasteiger charge is -2.13. The molecule has 7 heteroatoms. The topological polar surface area (TPSA) is 112 Å². The average Bonchev–Trinajstić information content (AvgIpc) is 2.86. The zero-order valence-electron chi connectivity index (χ0n) is 9.17. The minimum atomic E-state index is -0.742. The van der Waals surface area contributed by atoms with E-state index in [1.165, 1.54) is 6.26 Å². The van der Waals surface area contributed by atoms with Crippen LogP contribution >= 0.6 is 0 Å². The van der Waals surface area contributed by atoms with E-state index in [4.69, 9.17) is 10.3 Å². The lowest BCUT2D eigenvalue weighted by Crippen LogP contribution is -2.31. The molecule has 1 saturated heterocycles. The van der Waals surface area contributed by atoms with E-state index in [-0.39, 0.29) is 5.76 Å². The number of nitrogens with one attached hydrogen (secondary N) is 1. The predicted molar refractivity (Wildman–Crippen MR) is 57.7 cm³/mol. The number of carbonyl (C=O) groups is 1. The van der Waals surface area contributed by atoms with E-state index < -0.39 is 18.1 Å². The Bertz CT molecular complexity index is 396. The molecular weight excluding hydrogens is 226 g/mol. The fourth-order valence-electron chi connectivity index (χ4n) is 1.94. The number of rotatable bonds is 3. The van der Waals surface area contributed by atoms with Gasteiger partial charge >= 0.3 is 5.91 Å². The Morgan fingerprint density at radius 2 is 2.18 bits per heavy atom. The molecule has 7 nitrogen and oxygen atoms in total. The molecule has 1 amide bonds. The van der Waals surface area contributed by atoms with Crippen molar-refractivity contribution in [2.45, 2.75) is 18.8 Å². The standard InChI is InChI=1S/C10H15N3O4/c11-12-10(16)9-6(1-2-17-9)3-13-4-7(14)8(15)5-13/h1-2,7-8,14-15H,3-5,11H2,(H,12,16). The van der Waals surface area contributed by atoms with Crippen LogP contribution in [-0.2, 0) is 6.54 Å². The lowest BCUT2D eigenvalue weighted by molar-refractivity contribution is 0.0572. The van der Waals surface area contributed by atoms with Crippen LogP contribution < -0.4 is 11.3 Å². The summed E-state index contributed by atoms with van der Waals surface area (Å²) >= 11 is 0. The van der Waals surface area contributed by atoms with Gasteiger partial charge in [-0.25, -0.2) is 5.84 Å². The summed E-state index contributed by atoms with van der Waals surface area (Å²) in [6.45, 7) is 1.17. The first-order valence-electron chi connectivity index (χ1n) is 5.27. The Morgan fingerprint density at radius 1 is 1.53 bits per heavy atom. The Hall–Kier alpha value is -1.41. The molecule has 2 atom stereocenters. The maximum absolute atomic E-state index is 11.4. The second-order valence-electron chi connectivity index (χ2n) is 4.08. The van der Waals surface area contributed by atoms with Crippen LogP contribution in [0.5, 0.6) is 0 Å². The molecule has 0 aliphatic carbocycles. The van der Waals surface area contributed by atoms with Crippen molar-refractivity contribution in [3.8, 4) is 0 Å². The number of aliphatic hydroxyl groups excluding tert-OH is 2. The number of aliphatic hydroxyl groups is 2. The molecule has 0 bridgehead atoms. The fourth-order valence-corrected chi connectivity index (χ4v) is 1.94. The van der Waals surface area contributed by atoms with Gasteiger partial charge < -0.3 is 14.6 Å². The van der Waals surface area contributed by atoms with Gasteiger partial charge in [0.15, 0.2) is 5.76 Å². The smallest absolute Gasteiger partial charge is 0.301 e. The third-order valence-corrected chi connectivity index (χ3v) is 2.81. The Morgan fingerprint density at radius 3 is 2.76 bits per heavy atom. The second-order valence-corrected chi connectivity index (χ2v) is 4.08. The predicted octanol–water partition coefficient (Wildman–Crippen LogP) is -1.58. The summed E-state index contributed by atoms with van der Waals surface area (Å²) in [6, 6.07) is 1.67. The molecule has 1 fully saturated rings. The van der Waals surface area contributed by atoms with Crippen LogP contribution in [-0.4, -0.2) is 46.3 Å². The summed E-state index contributed by atoms with van der Waals surface area (Å²) in [5.74, 6) is 4.69. The molecule has 1 aromatic rings. The quantitative estimate of drug-likeness (QED) is 0.289. The summed E-state index contributed by atoms with van der Waals surface area (Å²) in [5, 5.41) is 18.8. The molecule has 0 aromatic carbocycles. The van der Waals surface area contributed by atoms with E-state index in [9.17, 15) is 15.0 Å². The molecule has 17 heavy (non-hydrogen) atoms. The minimum absolute atomic E-state index is 0.156. The van der Waals surface area contributed by atoms with Crippen molar-refractivity contribution in [1.82, 2.24) is 10.3 Å². The number of hydrazine groups is 1. The Kier molecular flexibility index (Phi) is 3.43. The van der Waals surface area contributed by atoms with Crippen molar-refractivity contribution in [1.29, 1.82) is 0 Å². The Labute approximate surface area is 97.8 Å². The number of β-amino-alcohol motifs (C(OH)–C–C–N with tert-alkyl or cyclic N) is 2. The average molecular weight is 241 g/mol. The maximum atomic E-state index is 11.4. The van der Waals surface area contributed by atoms with Gasteiger partial charge in [-0.3, -0.25) is 15.1 Å². The molecule has 2 heterocycles. The molecular formula is C10H15N3O4. The minimum Gasteiger partial charge on any atom is -0.459 e. The molecule has 0 spiro atoms. The molecule has 94 valence electrons. The van der Waals surface area contributed by atoms with Crippen LogP contribution in [0.3, 0.4) is 0 Å². The van der Waals surface area contributed by atoms with Crippen LogP contribution in [0.15, 0.2) is 16.7 Å². The van der Waals surface area contributed by atoms with Crippen LogP contribution in [0.2, 0.25) is 0 Å². The van der Waals surface area contributed by atoms with Crippen molar-refractivity contribution in [3.05, 3.63) is 23.7 Å². The molecule has 1 aromatic heterocycles. The number of likely N-dealkylation sites (tertiary alicyclic amines) is 1. The molecule has 0 radical (unpaired) electrons. The highest BCUT2D eigenvalue weighted by molar-refractivity contribution is 5.92. The number of carbonyl (C=O) groups excluding carboxylic acids is 1. The van der Waals surface area contributed by atoms with E-state index in [0.717, 1.165) is 0 Å². The normalized spacial score (nSPS) is 25.1. The van der Waals surface area contributed by atoms with Gasteiger partial charge in [-0.05, 0) is 6.07 Å².